The molecule has 3 N–H and O–H groups in total. The number of likely N-dealkylation sites (N-methyl/N-ethyl adjacent to an activating group) is 1. The van der Waals surface area contributed by atoms with E-state index in [9.17, 15) is 14.4 Å². The lowest BCUT2D eigenvalue weighted by molar-refractivity contribution is -0.136. The van der Waals surface area contributed by atoms with E-state index < -0.39 is 11.9 Å². The van der Waals surface area contributed by atoms with E-state index in [1.54, 1.807) is 7.05 Å². The van der Waals surface area contributed by atoms with Crippen LogP contribution in [0.4, 0.5) is 0 Å². The first-order valence-corrected chi connectivity index (χ1v) is 4.31. The van der Waals surface area contributed by atoms with Crippen LogP contribution in [-0.4, -0.2) is 48.7 Å². The Kier molecular flexibility index (Phi) is 3.19. The second-order valence-electron chi connectivity index (χ2n) is 3.21. The third kappa shape index (κ3) is 2.08. The van der Waals surface area contributed by atoms with Crippen LogP contribution in [0, 0.1) is 0 Å². The summed E-state index contributed by atoms with van der Waals surface area (Å²) >= 11 is 0. The van der Waals surface area contributed by atoms with E-state index in [4.69, 9.17) is 5.73 Å². The molecule has 0 radical (unpaired) electrons. The van der Waals surface area contributed by atoms with E-state index in [2.05, 4.69) is 5.32 Å². The number of nitrogens with two attached hydrogens (primary N) is 1. The van der Waals surface area contributed by atoms with Crippen molar-refractivity contribution in [1.82, 2.24) is 10.2 Å². The molecule has 0 aromatic rings. The van der Waals surface area contributed by atoms with Gasteiger partial charge in [-0.3, -0.25) is 14.4 Å². The topological polar surface area (TPSA) is 92.5 Å². The monoisotopic (exact) mass is 199 g/mol. The molecule has 0 unspecified atom stereocenters. The molecule has 1 fully saturated rings. The van der Waals surface area contributed by atoms with Gasteiger partial charge in [0, 0.05) is 6.42 Å². The quantitative estimate of drug-likeness (QED) is 0.542. The van der Waals surface area contributed by atoms with Crippen LogP contribution in [0.5, 0.6) is 0 Å². The van der Waals surface area contributed by atoms with E-state index in [0.717, 1.165) is 0 Å². The van der Waals surface area contributed by atoms with Crippen LogP contribution in [0.25, 0.3) is 0 Å². The van der Waals surface area contributed by atoms with Crippen molar-refractivity contribution in [3.05, 3.63) is 0 Å². The summed E-state index contributed by atoms with van der Waals surface area (Å²) in [6.07, 6.45) is 0.0464. The zero-order valence-corrected chi connectivity index (χ0v) is 7.95. The average molecular weight is 199 g/mol. The van der Waals surface area contributed by atoms with Crippen LogP contribution in [0.1, 0.15) is 6.42 Å². The highest BCUT2D eigenvalue weighted by atomic mass is 16.2. The van der Waals surface area contributed by atoms with Crippen molar-refractivity contribution >= 4 is 17.6 Å². The first-order valence-electron chi connectivity index (χ1n) is 4.31. The van der Waals surface area contributed by atoms with E-state index in [0.29, 0.717) is 0 Å². The summed E-state index contributed by atoms with van der Waals surface area (Å²) in [6, 6.07) is -0.761. The van der Waals surface area contributed by atoms with Crippen molar-refractivity contribution in [2.45, 2.75) is 12.5 Å². The number of likely N-dealkylation sites (tertiary alicyclic amines) is 1. The molecule has 0 aromatic carbocycles. The molecule has 0 spiro atoms. The molecule has 0 saturated carbocycles. The Bertz CT molecular complexity index is 277. The van der Waals surface area contributed by atoms with Crippen LogP contribution < -0.4 is 11.1 Å². The molecule has 1 rings (SSSR count). The molecule has 0 aromatic heterocycles. The third-order valence-electron chi connectivity index (χ3n) is 2.12. The lowest BCUT2D eigenvalue weighted by Crippen LogP contribution is -2.46. The number of Topliss-reactive ketones (excluding diaryl/α,β-unsaturated/α-hetero) is 1. The number of nitrogens with zero attached hydrogens (tertiary/aromatic N) is 1. The Morgan fingerprint density at radius 1 is 1.64 bits per heavy atom. The van der Waals surface area contributed by atoms with E-state index in [-0.39, 0.29) is 31.2 Å². The van der Waals surface area contributed by atoms with Gasteiger partial charge in [0.05, 0.1) is 13.1 Å². The lowest BCUT2D eigenvalue weighted by atomic mass is 10.2. The number of hydrogen-bond acceptors (Lipinski definition) is 4. The van der Waals surface area contributed by atoms with Gasteiger partial charge >= 0.3 is 0 Å². The maximum Gasteiger partial charge on any atom is 0.240 e. The highest BCUT2D eigenvalue weighted by molar-refractivity contribution is 5.98. The summed E-state index contributed by atoms with van der Waals surface area (Å²) < 4.78 is 0. The molecule has 1 atom stereocenters. The Morgan fingerprint density at radius 3 is 2.79 bits per heavy atom. The lowest BCUT2D eigenvalue weighted by Gasteiger charge is -2.20. The summed E-state index contributed by atoms with van der Waals surface area (Å²) in [5, 5.41) is 2.66. The van der Waals surface area contributed by atoms with Gasteiger partial charge < -0.3 is 16.0 Å². The molecule has 1 aliphatic heterocycles. The number of nitrogens with one attached hydrogen (secondary N) is 1. The molecule has 1 heterocycles. The first-order chi connectivity index (χ1) is 6.56. The van der Waals surface area contributed by atoms with Crippen molar-refractivity contribution in [3.8, 4) is 0 Å². The SMILES string of the molecule is CNCC(=O)N1CC(=O)C[C@H]1C(N)=O. The number of hydrogen-bond donors (Lipinski definition) is 2. The van der Waals surface area contributed by atoms with Crippen LogP contribution in [0.3, 0.4) is 0 Å². The zero-order valence-electron chi connectivity index (χ0n) is 7.95. The number of primary amides is 1. The van der Waals surface area contributed by atoms with Crippen molar-refractivity contribution in [3.63, 3.8) is 0 Å². The Labute approximate surface area is 81.4 Å². The number of ketones is 1. The minimum Gasteiger partial charge on any atom is -0.368 e. The van der Waals surface area contributed by atoms with Crippen molar-refractivity contribution in [2.24, 2.45) is 5.73 Å². The average Bonchev–Trinajstić information content (AvgIpc) is 2.48. The number of rotatable bonds is 3. The summed E-state index contributed by atoms with van der Waals surface area (Å²) in [7, 11) is 1.62. The molecule has 14 heavy (non-hydrogen) atoms. The predicted molar refractivity (Wildman–Crippen MR) is 48.2 cm³/mol. The standard InChI is InChI=1S/C8H13N3O3/c1-10-3-7(13)11-4-5(12)2-6(11)8(9)14/h6,10H,2-4H2,1H3,(H2,9,14)/t6-/m0/s1. The van der Waals surface area contributed by atoms with Crippen molar-refractivity contribution < 1.29 is 14.4 Å². The molecular formula is C8H13N3O3. The highest BCUT2D eigenvalue weighted by Gasteiger charge is 2.36. The second kappa shape index (κ2) is 4.19. The molecular weight excluding hydrogens is 186 g/mol. The normalized spacial score (nSPS) is 21.4. The Balaban J connectivity index is 2.71. The van der Waals surface area contributed by atoms with Crippen molar-refractivity contribution in [2.75, 3.05) is 20.1 Å². The van der Waals surface area contributed by atoms with E-state index >= 15 is 0 Å². The summed E-state index contributed by atoms with van der Waals surface area (Å²) in [6.45, 7) is 0.102. The summed E-state index contributed by atoms with van der Waals surface area (Å²) in [5.41, 5.74) is 5.08. The number of carbonyl (C=O) groups is 3. The maximum atomic E-state index is 11.4. The molecule has 0 aliphatic carbocycles. The van der Waals surface area contributed by atoms with Gasteiger partial charge in [-0.1, -0.05) is 0 Å². The van der Waals surface area contributed by atoms with E-state index in [1.807, 2.05) is 0 Å². The van der Waals surface area contributed by atoms with Gasteiger partial charge in [-0.2, -0.15) is 0 Å². The van der Waals surface area contributed by atoms with Gasteiger partial charge in [-0.25, -0.2) is 0 Å². The number of amides is 2. The highest BCUT2D eigenvalue weighted by Crippen LogP contribution is 2.13. The first kappa shape index (κ1) is 10.6. The Morgan fingerprint density at radius 2 is 2.29 bits per heavy atom. The number of carbonyl (C=O) groups excluding carboxylic acids is 3. The predicted octanol–water partition coefficient (Wildman–Crippen LogP) is -2.14. The molecule has 78 valence electrons. The van der Waals surface area contributed by atoms with Crippen LogP contribution in [0.15, 0.2) is 0 Å². The van der Waals surface area contributed by atoms with Crippen LogP contribution in [-0.2, 0) is 14.4 Å². The molecule has 6 heteroatoms. The molecule has 2 amide bonds. The van der Waals surface area contributed by atoms with Gasteiger partial charge in [0.1, 0.15) is 6.04 Å². The molecule has 6 nitrogen and oxygen atoms in total. The Hall–Kier alpha value is -1.43. The maximum absolute atomic E-state index is 11.4. The van der Waals surface area contributed by atoms with Crippen LogP contribution >= 0.6 is 0 Å². The second-order valence-corrected chi connectivity index (χ2v) is 3.21. The minimum absolute atomic E-state index is 0.00583. The largest absolute Gasteiger partial charge is 0.368 e. The van der Waals surface area contributed by atoms with Gasteiger partial charge in [0.25, 0.3) is 0 Å². The fourth-order valence-electron chi connectivity index (χ4n) is 1.46. The van der Waals surface area contributed by atoms with Crippen LogP contribution in [0.2, 0.25) is 0 Å². The van der Waals surface area contributed by atoms with Gasteiger partial charge in [0.2, 0.25) is 11.8 Å². The molecule has 1 saturated heterocycles. The smallest absolute Gasteiger partial charge is 0.240 e. The van der Waals surface area contributed by atoms with Gasteiger partial charge in [0.15, 0.2) is 5.78 Å². The molecule has 0 bridgehead atoms. The zero-order chi connectivity index (χ0) is 10.7. The van der Waals surface area contributed by atoms with Gasteiger partial charge in [-0.05, 0) is 7.05 Å². The molecule has 1 aliphatic rings. The summed E-state index contributed by atoms with van der Waals surface area (Å²) in [4.78, 5) is 34.6. The third-order valence-corrected chi connectivity index (χ3v) is 2.12. The van der Waals surface area contributed by atoms with Gasteiger partial charge in [-0.15, -0.1) is 0 Å². The van der Waals surface area contributed by atoms with E-state index in [1.165, 1.54) is 4.90 Å². The summed E-state index contributed by atoms with van der Waals surface area (Å²) in [5.74, 6) is -1.03. The van der Waals surface area contributed by atoms with Crippen molar-refractivity contribution in [1.29, 1.82) is 0 Å². The fourth-order valence-corrected chi connectivity index (χ4v) is 1.46. The fraction of sp³-hybridized carbons (Fsp3) is 0.625. The minimum atomic E-state index is -0.761.